The van der Waals surface area contributed by atoms with Crippen molar-refractivity contribution in [3.8, 4) is 11.5 Å². The highest BCUT2D eigenvalue weighted by Gasteiger charge is 2.19. The van der Waals surface area contributed by atoms with Gasteiger partial charge >= 0.3 is 0 Å². The minimum absolute atomic E-state index is 0.242. The summed E-state index contributed by atoms with van der Waals surface area (Å²) in [6.07, 6.45) is 0.924. The van der Waals surface area contributed by atoms with Crippen LogP contribution >= 0.6 is 15.9 Å². The van der Waals surface area contributed by atoms with Crippen LogP contribution in [-0.4, -0.2) is 45.3 Å². The van der Waals surface area contributed by atoms with Crippen molar-refractivity contribution >= 4 is 15.9 Å². The predicted molar refractivity (Wildman–Crippen MR) is 93.8 cm³/mol. The van der Waals surface area contributed by atoms with E-state index in [0.29, 0.717) is 13.2 Å². The molecule has 0 aliphatic carbocycles. The average Bonchev–Trinajstić information content (AvgIpc) is 2.62. The van der Waals surface area contributed by atoms with Crippen LogP contribution in [0.4, 0.5) is 0 Å². The summed E-state index contributed by atoms with van der Waals surface area (Å²) in [4.78, 5) is 2.23. The topological polar surface area (TPSA) is 33.7 Å². The minimum Gasteiger partial charge on any atom is -0.490 e. The number of halogens is 1. The van der Waals surface area contributed by atoms with Gasteiger partial charge in [-0.3, -0.25) is 0 Å². The molecule has 0 saturated heterocycles. The highest BCUT2D eigenvalue weighted by molar-refractivity contribution is 9.10. The molecule has 0 spiro atoms. The Kier molecular flexibility index (Phi) is 6.12. The molecule has 0 amide bonds. The molecule has 1 aliphatic rings. The van der Waals surface area contributed by atoms with E-state index >= 15 is 0 Å². The van der Waals surface area contributed by atoms with Gasteiger partial charge in [-0.15, -0.1) is 0 Å². The number of fused-ring (bicyclic) bond motifs is 1. The lowest BCUT2D eigenvalue weighted by molar-refractivity contribution is 0.232. The van der Waals surface area contributed by atoms with Crippen molar-refractivity contribution < 1.29 is 9.47 Å². The molecule has 0 radical (unpaired) electrons. The molecule has 1 aromatic rings. The monoisotopic (exact) mass is 370 g/mol. The summed E-state index contributed by atoms with van der Waals surface area (Å²) in [7, 11) is 4.23. The van der Waals surface area contributed by atoms with Gasteiger partial charge in [0.05, 0.1) is 17.7 Å². The van der Waals surface area contributed by atoms with E-state index in [2.05, 4.69) is 66.2 Å². The molecule has 2 rings (SSSR count). The molecule has 1 N–H and O–H groups in total. The van der Waals surface area contributed by atoms with Crippen LogP contribution in [0.15, 0.2) is 16.6 Å². The van der Waals surface area contributed by atoms with Gasteiger partial charge < -0.3 is 19.7 Å². The molecule has 22 heavy (non-hydrogen) atoms. The highest BCUT2D eigenvalue weighted by atomic mass is 79.9. The van der Waals surface area contributed by atoms with Crippen molar-refractivity contribution in [2.75, 3.05) is 40.4 Å². The quantitative estimate of drug-likeness (QED) is 0.832. The molecule has 0 atom stereocenters. The second-order valence-electron chi connectivity index (χ2n) is 6.96. The second kappa shape index (κ2) is 7.66. The Morgan fingerprint density at radius 1 is 1.23 bits per heavy atom. The molecular formula is C17H27BrN2O2. The van der Waals surface area contributed by atoms with E-state index in [4.69, 9.17) is 9.47 Å². The maximum Gasteiger partial charge on any atom is 0.175 e. The number of nitrogens with zero attached hydrogens (tertiary/aromatic N) is 1. The van der Waals surface area contributed by atoms with E-state index in [1.54, 1.807) is 0 Å². The van der Waals surface area contributed by atoms with Crippen LogP contribution in [0.25, 0.3) is 0 Å². The molecule has 0 saturated carbocycles. The Labute approximate surface area is 142 Å². The van der Waals surface area contributed by atoms with E-state index in [1.165, 1.54) is 5.56 Å². The first kappa shape index (κ1) is 17.6. The van der Waals surface area contributed by atoms with Gasteiger partial charge in [0, 0.05) is 26.1 Å². The summed E-state index contributed by atoms with van der Waals surface area (Å²) in [5.74, 6) is 1.67. The fourth-order valence-electron chi connectivity index (χ4n) is 2.84. The lowest BCUT2D eigenvalue weighted by Crippen LogP contribution is -2.37. The van der Waals surface area contributed by atoms with E-state index in [0.717, 1.165) is 42.0 Å². The highest BCUT2D eigenvalue weighted by Crippen LogP contribution is 2.38. The normalized spacial score (nSPS) is 15.0. The SMILES string of the molecule is CN(C)CC(C)(C)CNCc1cc(Br)c2c(c1)OCCCO2. The molecule has 1 aromatic carbocycles. The van der Waals surface area contributed by atoms with Gasteiger partial charge in [0.15, 0.2) is 11.5 Å². The molecule has 1 heterocycles. The fourth-order valence-corrected chi connectivity index (χ4v) is 3.45. The fraction of sp³-hybridized carbons (Fsp3) is 0.647. The number of hydrogen-bond donors (Lipinski definition) is 1. The number of hydrogen-bond acceptors (Lipinski definition) is 4. The average molecular weight is 371 g/mol. The summed E-state index contributed by atoms with van der Waals surface area (Å²) < 4.78 is 12.5. The van der Waals surface area contributed by atoms with Gasteiger partial charge in [0.2, 0.25) is 0 Å². The first-order valence-corrected chi connectivity index (χ1v) is 8.60. The van der Waals surface area contributed by atoms with Crippen LogP contribution in [0.1, 0.15) is 25.8 Å². The molecule has 0 fully saturated rings. The first-order valence-electron chi connectivity index (χ1n) is 7.81. The Morgan fingerprint density at radius 2 is 1.95 bits per heavy atom. The van der Waals surface area contributed by atoms with E-state index < -0.39 is 0 Å². The third-order valence-corrected chi connectivity index (χ3v) is 4.13. The summed E-state index contributed by atoms with van der Waals surface area (Å²) in [6.45, 7) is 8.84. The number of benzene rings is 1. The van der Waals surface area contributed by atoms with Crippen molar-refractivity contribution in [3.05, 3.63) is 22.2 Å². The molecule has 5 heteroatoms. The van der Waals surface area contributed by atoms with Crippen molar-refractivity contribution in [2.45, 2.75) is 26.8 Å². The molecule has 1 aliphatic heterocycles. The van der Waals surface area contributed by atoms with Crippen LogP contribution in [0.3, 0.4) is 0 Å². The molecule has 0 bridgehead atoms. The minimum atomic E-state index is 0.242. The lowest BCUT2D eigenvalue weighted by Gasteiger charge is -2.28. The van der Waals surface area contributed by atoms with Gasteiger partial charge in [-0.1, -0.05) is 13.8 Å². The van der Waals surface area contributed by atoms with Gasteiger partial charge in [0.1, 0.15) is 0 Å². The van der Waals surface area contributed by atoms with Crippen LogP contribution in [-0.2, 0) is 6.54 Å². The van der Waals surface area contributed by atoms with Gasteiger partial charge in [-0.2, -0.15) is 0 Å². The Bertz CT molecular complexity index is 504. The summed E-state index contributed by atoms with van der Waals surface area (Å²) >= 11 is 3.59. The molecule has 4 nitrogen and oxygen atoms in total. The van der Waals surface area contributed by atoms with Crippen molar-refractivity contribution in [3.63, 3.8) is 0 Å². The summed E-state index contributed by atoms with van der Waals surface area (Å²) in [6, 6.07) is 4.19. The van der Waals surface area contributed by atoms with Crippen LogP contribution in [0.5, 0.6) is 11.5 Å². The largest absolute Gasteiger partial charge is 0.490 e. The maximum atomic E-state index is 5.78. The molecule has 0 aromatic heterocycles. The Hall–Kier alpha value is -0.780. The molecule has 124 valence electrons. The smallest absolute Gasteiger partial charge is 0.175 e. The van der Waals surface area contributed by atoms with E-state index in [1.807, 2.05) is 0 Å². The van der Waals surface area contributed by atoms with Crippen molar-refractivity contribution in [1.82, 2.24) is 10.2 Å². The Balaban J connectivity index is 1.96. The van der Waals surface area contributed by atoms with Crippen LogP contribution < -0.4 is 14.8 Å². The maximum absolute atomic E-state index is 5.78. The predicted octanol–water partition coefficient (Wildman–Crippen LogP) is 3.29. The third kappa shape index (κ3) is 5.14. The Morgan fingerprint density at radius 3 is 2.68 bits per heavy atom. The zero-order valence-corrected chi connectivity index (χ0v) is 15.6. The standard InChI is InChI=1S/C17H27BrN2O2/c1-17(2,12-20(3)4)11-19-10-13-8-14(18)16-15(9-13)21-6-5-7-22-16/h8-9,19H,5-7,10-12H2,1-4H3. The van der Waals surface area contributed by atoms with Gasteiger partial charge in [-0.25, -0.2) is 0 Å². The first-order chi connectivity index (χ1) is 10.4. The molecular weight excluding hydrogens is 344 g/mol. The zero-order chi connectivity index (χ0) is 16.2. The van der Waals surface area contributed by atoms with Gasteiger partial charge in [-0.05, 0) is 53.1 Å². The summed E-state index contributed by atoms with van der Waals surface area (Å²) in [5.41, 5.74) is 1.45. The van der Waals surface area contributed by atoms with Crippen molar-refractivity contribution in [2.24, 2.45) is 5.41 Å². The van der Waals surface area contributed by atoms with Gasteiger partial charge in [0.25, 0.3) is 0 Å². The van der Waals surface area contributed by atoms with E-state index in [-0.39, 0.29) is 5.41 Å². The number of ether oxygens (including phenoxy) is 2. The number of nitrogens with one attached hydrogen (secondary N) is 1. The lowest BCUT2D eigenvalue weighted by atomic mass is 9.93. The zero-order valence-electron chi connectivity index (χ0n) is 14.0. The third-order valence-electron chi connectivity index (χ3n) is 3.54. The number of rotatable bonds is 6. The second-order valence-corrected chi connectivity index (χ2v) is 7.82. The van der Waals surface area contributed by atoms with Crippen LogP contribution in [0.2, 0.25) is 0 Å². The van der Waals surface area contributed by atoms with Crippen LogP contribution in [0, 0.1) is 5.41 Å². The summed E-state index contributed by atoms with van der Waals surface area (Å²) in [5, 5.41) is 3.55. The van der Waals surface area contributed by atoms with E-state index in [9.17, 15) is 0 Å². The molecule has 0 unspecified atom stereocenters. The van der Waals surface area contributed by atoms with Crippen molar-refractivity contribution in [1.29, 1.82) is 0 Å².